The van der Waals surface area contributed by atoms with Gasteiger partial charge in [-0.05, 0) is 53.6 Å². The first-order valence-corrected chi connectivity index (χ1v) is 7.13. The molecule has 0 aliphatic rings. The van der Waals surface area contributed by atoms with Gasteiger partial charge < -0.3 is 5.73 Å². The number of aryl methyl sites for hydroxylation is 2. The van der Waals surface area contributed by atoms with Crippen molar-refractivity contribution in [3.8, 4) is 11.1 Å². The Morgan fingerprint density at radius 1 is 1.00 bits per heavy atom. The van der Waals surface area contributed by atoms with Crippen LogP contribution >= 0.6 is 0 Å². The summed E-state index contributed by atoms with van der Waals surface area (Å²) < 4.78 is 0. The summed E-state index contributed by atoms with van der Waals surface area (Å²) in [6, 6.07) is 15.5. The lowest BCUT2D eigenvalue weighted by Gasteiger charge is -2.13. The number of hydrogen-bond acceptors (Lipinski definition) is 1. The number of benzene rings is 2. The van der Waals surface area contributed by atoms with Gasteiger partial charge in [0, 0.05) is 6.04 Å². The second-order valence-electron chi connectivity index (χ2n) is 5.11. The Labute approximate surface area is 116 Å². The summed E-state index contributed by atoms with van der Waals surface area (Å²) in [5.41, 5.74) is 12.6. The van der Waals surface area contributed by atoms with Crippen LogP contribution in [0.2, 0.25) is 0 Å². The van der Waals surface area contributed by atoms with Crippen molar-refractivity contribution in [2.24, 2.45) is 5.73 Å². The molecule has 0 saturated carbocycles. The largest absolute Gasteiger partial charge is 0.324 e. The van der Waals surface area contributed by atoms with Crippen LogP contribution in [0.1, 0.15) is 43.5 Å². The predicted molar refractivity (Wildman–Crippen MR) is 83.2 cm³/mol. The summed E-state index contributed by atoms with van der Waals surface area (Å²) in [6.07, 6.45) is 2.13. The quantitative estimate of drug-likeness (QED) is 0.853. The fraction of sp³-hybridized carbons (Fsp3) is 0.333. The van der Waals surface area contributed by atoms with Crippen LogP contribution in [0, 0.1) is 0 Å². The molecule has 2 aromatic rings. The summed E-state index contributed by atoms with van der Waals surface area (Å²) in [6.45, 7) is 6.44. The molecule has 0 aliphatic heterocycles. The van der Waals surface area contributed by atoms with E-state index < -0.39 is 0 Å². The molecule has 100 valence electrons. The molecule has 19 heavy (non-hydrogen) atoms. The van der Waals surface area contributed by atoms with E-state index in [9.17, 15) is 0 Å². The molecule has 2 aromatic carbocycles. The molecule has 0 spiro atoms. The van der Waals surface area contributed by atoms with E-state index in [2.05, 4.69) is 56.3 Å². The third-order valence-electron chi connectivity index (χ3n) is 3.69. The zero-order valence-electron chi connectivity index (χ0n) is 12.1. The zero-order chi connectivity index (χ0) is 13.8. The molecule has 1 unspecified atom stereocenters. The average Bonchev–Trinajstić information content (AvgIpc) is 2.46. The minimum absolute atomic E-state index is 0.0828. The molecule has 0 fully saturated rings. The van der Waals surface area contributed by atoms with Gasteiger partial charge >= 0.3 is 0 Å². The molecular weight excluding hydrogens is 230 g/mol. The highest BCUT2D eigenvalue weighted by Gasteiger charge is 2.07. The lowest BCUT2D eigenvalue weighted by Crippen LogP contribution is -2.04. The van der Waals surface area contributed by atoms with Crippen molar-refractivity contribution in [1.82, 2.24) is 0 Å². The second-order valence-corrected chi connectivity index (χ2v) is 5.11. The highest BCUT2D eigenvalue weighted by atomic mass is 14.6. The first kappa shape index (κ1) is 13.8. The zero-order valence-corrected chi connectivity index (χ0v) is 12.1. The smallest absolute Gasteiger partial charge is 0.0266 e. The Morgan fingerprint density at radius 2 is 1.79 bits per heavy atom. The molecule has 0 aromatic heterocycles. The number of hydrogen-bond donors (Lipinski definition) is 1. The maximum absolute atomic E-state index is 5.99. The standard InChI is InChI=1S/C18H23N/c1-4-14-9-10-15(5-2)18(11-14)17-8-6-7-16(12-17)13(3)19/h6-13H,4-5,19H2,1-3H3. The fourth-order valence-electron chi connectivity index (χ4n) is 2.41. The van der Waals surface area contributed by atoms with Gasteiger partial charge in [-0.25, -0.2) is 0 Å². The normalized spacial score (nSPS) is 12.4. The van der Waals surface area contributed by atoms with E-state index in [0.717, 1.165) is 12.8 Å². The maximum atomic E-state index is 5.99. The topological polar surface area (TPSA) is 26.0 Å². The Kier molecular flexibility index (Phi) is 4.39. The first-order valence-electron chi connectivity index (χ1n) is 7.13. The van der Waals surface area contributed by atoms with Gasteiger partial charge in [-0.2, -0.15) is 0 Å². The van der Waals surface area contributed by atoms with Gasteiger partial charge in [0.25, 0.3) is 0 Å². The minimum atomic E-state index is 0.0828. The van der Waals surface area contributed by atoms with E-state index in [1.807, 2.05) is 6.92 Å². The third-order valence-corrected chi connectivity index (χ3v) is 3.69. The lowest BCUT2D eigenvalue weighted by atomic mass is 9.93. The summed E-state index contributed by atoms with van der Waals surface area (Å²) in [7, 11) is 0. The van der Waals surface area contributed by atoms with Crippen molar-refractivity contribution in [2.75, 3.05) is 0 Å². The minimum Gasteiger partial charge on any atom is -0.324 e. The molecule has 1 heteroatoms. The van der Waals surface area contributed by atoms with Crippen LogP contribution in [-0.4, -0.2) is 0 Å². The van der Waals surface area contributed by atoms with E-state index in [-0.39, 0.29) is 6.04 Å². The van der Waals surface area contributed by atoms with E-state index in [4.69, 9.17) is 5.73 Å². The third kappa shape index (κ3) is 3.05. The van der Waals surface area contributed by atoms with E-state index in [0.29, 0.717) is 0 Å². The molecule has 2 rings (SSSR count). The average molecular weight is 253 g/mol. The summed E-state index contributed by atoms with van der Waals surface area (Å²) in [5.74, 6) is 0. The molecule has 0 radical (unpaired) electrons. The van der Waals surface area contributed by atoms with E-state index in [1.54, 1.807) is 0 Å². The molecule has 0 bridgehead atoms. The van der Waals surface area contributed by atoms with Crippen LogP contribution in [0.15, 0.2) is 42.5 Å². The Hall–Kier alpha value is -1.60. The van der Waals surface area contributed by atoms with Crippen LogP contribution in [0.25, 0.3) is 11.1 Å². The van der Waals surface area contributed by atoms with Crippen molar-refractivity contribution < 1.29 is 0 Å². The Morgan fingerprint density at radius 3 is 2.42 bits per heavy atom. The van der Waals surface area contributed by atoms with Crippen LogP contribution in [0.4, 0.5) is 0 Å². The van der Waals surface area contributed by atoms with Crippen molar-refractivity contribution in [2.45, 2.75) is 39.7 Å². The molecule has 1 nitrogen and oxygen atoms in total. The van der Waals surface area contributed by atoms with Crippen molar-refractivity contribution in [1.29, 1.82) is 0 Å². The van der Waals surface area contributed by atoms with Crippen molar-refractivity contribution in [3.63, 3.8) is 0 Å². The number of rotatable bonds is 4. The van der Waals surface area contributed by atoms with Crippen LogP contribution in [-0.2, 0) is 12.8 Å². The first-order chi connectivity index (χ1) is 9.15. The molecule has 0 saturated heterocycles. The van der Waals surface area contributed by atoms with Gasteiger partial charge in [0.05, 0.1) is 0 Å². The van der Waals surface area contributed by atoms with Gasteiger partial charge in [-0.1, -0.05) is 50.2 Å². The highest BCUT2D eigenvalue weighted by molar-refractivity contribution is 5.69. The summed E-state index contributed by atoms with van der Waals surface area (Å²) in [5, 5.41) is 0. The Balaban J connectivity index is 2.53. The Bertz CT molecular complexity index is 555. The van der Waals surface area contributed by atoms with Crippen LogP contribution in [0.3, 0.4) is 0 Å². The molecule has 0 amide bonds. The van der Waals surface area contributed by atoms with Gasteiger partial charge in [-0.3, -0.25) is 0 Å². The molecule has 0 heterocycles. The van der Waals surface area contributed by atoms with Gasteiger partial charge in [0.1, 0.15) is 0 Å². The second kappa shape index (κ2) is 6.03. The van der Waals surface area contributed by atoms with E-state index >= 15 is 0 Å². The van der Waals surface area contributed by atoms with Gasteiger partial charge in [0.2, 0.25) is 0 Å². The predicted octanol–water partition coefficient (Wildman–Crippen LogP) is 4.50. The molecule has 2 N–H and O–H groups in total. The van der Waals surface area contributed by atoms with Crippen molar-refractivity contribution >= 4 is 0 Å². The van der Waals surface area contributed by atoms with E-state index in [1.165, 1.54) is 27.8 Å². The van der Waals surface area contributed by atoms with Crippen LogP contribution in [0.5, 0.6) is 0 Å². The molecule has 0 aliphatic carbocycles. The SMILES string of the molecule is CCc1ccc(CC)c(-c2cccc(C(C)N)c2)c1. The summed E-state index contributed by atoms with van der Waals surface area (Å²) in [4.78, 5) is 0. The monoisotopic (exact) mass is 253 g/mol. The lowest BCUT2D eigenvalue weighted by molar-refractivity contribution is 0.818. The maximum Gasteiger partial charge on any atom is 0.0266 e. The molecule has 1 atom stereocenters. The molecular formula is C18H23N. The van der Waals surface area contributed by atoms with Crippen molar-refractivity contribution in [3.05, 3.63) is 59.2 Å². The van der Waals surface area contributed by atoms with Gasteiger partial charge in [0.15, 0.2) is 0 Å². The fourth-order valence-corrected chi connectivity index (χ4v) is 2.41. The highest BCUT2D eigenvalue weighted by Crippen LogP contribution is 2.27. The number of nitrogens with two attached hydrogens (primary N) is 1. The van der Waals surface area contributed by atoms with Crippen LogP contribution < -0.4 is 5.73 Å². The van der Waals surface area contributed by atoms with Gasteiger partial charge in [-0.15, -0.1) is 0 Å². The summed E-state index contributed by atoms with van der Waals surface area (Å²) >= 11 is 0.